The first kappa shape index (κ1) is 28.2. The summed E-state index contributed by atoms with van der Waals surface area (Å²) < 4.78 is 26.7. The van der Waals surface area contributed by atoms with E-state index in [2.05, 4.69) is 0 Å². The Kier molecular flexibility index (Phi) is 6.61. The highest BCUT2D eigenvalue weighted by molar-refractivity contribution is 7.91. The summed E-state index contributed by atoms with van der Waals surface area (Å²) in [4.78, 5) is 76.1. The molecule has 0 N–H and O–H groups in total. The molecule has 10 nitrogen and oxygen atoms in total. The molecule has 13 heteroatoms. The fourth-order valence-electron chi connectivity index (χ4n) is 4.88. The minimum Gasteiger partial charge on any atom is -0.276 e. The van der Waals surface area contributed by atoms with Crippen LogP contribution in [-0.2, 0) is 9.84 Å². The third kappa shape index (κ3) is 4.45. The van der Waals surface area contributed by atoms with Crippen molar-refractivity contribution in [3.05, 3.63) is 118 Å². The Hall–Kier alpha value is -4.97. The number of carbonyl (C=O) groups excluding carboxylic acids is 6. The van der Waals surface area contributed by atoms with Gasteiger partial charge in [-0.1, -0.05) is 0 Å². The van der Waals surface area contributed by atoms with Gasteiger partial charge in [-0.15, -0.1) is 0 Å². The van der Waals surface area contributed by atoms with Crippen LogP contribution in [0.25, 0.3) is 0 Å². The minimum atomic E-state index is -4.09. The molecule has 4 aromatic carbocycles. The van der Waals surface area contributed by atoms with E-state index in [1.165, 1.54) is 84.9 Å². The summed E-state index contributed by atoms with van der Waals surface area (Å²) in [6, 6.07) is 17.9. The zero-order valence-electron chi connectivity index (χ0n) is 21.4. The highest BCUT2D eigenvalue weighted by Gasteiger charge is 2.38. The molecule has 0 bridgehead atoms. The van der Waals surface area contributed by atoms with Crippen LogP contribution in [0.2, 0.25) is 0 Å². The highest BCUT2D eigenvalue weighted by Crippen LogP contribution is 2.33. The van der Waals surface area contributed by atoms with Crippen molar-refractivity contribution in [3.63, 3.8) is 0 Å². The van der Waals surface area contributed by atoms with Gasteiger partial charge in [0.05, 0.1) is 43.4 Å². The molecular formula is C30H14Cl2N2O8S. The van der Waals surface area contributed by atoms with Crippen LogP contribution in [-0.4, -0.2) is 42.5 Å². The van der Waals surface area contributed by atoms with Gasteiger partial charge in [0.1, 0.15) is 0 Å². The van der Waals surface area contributed by atoms with Gasteiger partial charge in [-0.3, -0.25) is 28.8 Å². The average molecular weight is 633 g/mol. The van der Waals surface area contributed by atoms with Gasteiger partial charge in [-0.05, 0) is 108 Å². The normalized spacial score (nSPS) is 14.3. The lowest BCUT2D eigenvalue weighted by atomic mass is 10.1. The maximum Gasteiger partial charge on any atom is 0.266 e. The molecule has 4 aromatic rings. The van der Waals surface area contributed by atoms with E-state index in [0.29, 0.717) is 0 Å². The molecular weight excluding hydrogens is 619 g/mol. The van der Waals surface area contributed by atoms with Gasteiger partial charge in [-0.2, -0.15) is 0 Å². The molecule has 0 fully saturated rings. The molecule has 0 saturated carbocycles. The molecule has 0 atom stereocenters. The number of amides is 4. The van der Waals surface area contributed by atoms with Crippen LogP contribution >= 0.6 is 23.2 Å². The van der Waals surface area contributed by atoms with Crippen molar-refractivity contribution in [1.82, 2.24) is 0 Å². The van der Waals surface area contributed by atoms with Gasteiger partial charge in [0, 0.05) is 11.1 Å². The Morgan fingerprint density at radius 2 is 0.814 bits per heavy atom. The molecule has 6 rings (SSSR count). The van der Waals surface area contributed by atoms with Crippen molar-refractivity contribution in [2.75, 3.05) is 9.80 Å². The number of fused-ring (bicyclic) bond motifs is 2. The maximum absolute atomic E-state index is 13.3. The number of sulfone groups is 1. The smallest absolute Gasteiger partial charge is 0.266 e. The number of imide groups is 2. The number of anilines is 2. The molecule has 0 spiro atoms. The number of hydrogen-bond acceptors (Lipinski definition) is 8. The van der Waals surface area contributed by atoms with E-state index in [1.54, 1.807) is 0 Å². The Bertz CT molecular complexity index is 1930. The first-order valence-electron chi connectivity index (χ1n) is 12.3. The second kappa shape index (κ2) is 10.1. The largest absolute Gasteiger partial charge is 0.276 e. The Labute approximate surface area is 253 Å². The minimum absolute atomic E-state index is 0.000624. The lowest BCUT2D eigenvalue weighted by molar-refractivity contribution is 0.0910. The number of rotatable bonds is 6. The maximum atomic E-state index is 13.3. The standard InChI is InChI=1S/C30H14Cl2N2O8S/c31-25(35)15-1-11-21-23(13-15)29(39)33(27(21)37)17-3-7-19(8-4-17)43(41,42)20-9-5-18(6-10-20)34-28(38)22-12-2-16(26(32)36)14-24(22)30(34)40/h1-14H. The highest BCUT2D eigenvalue weighted by atomic mass is 35.5. The van der Waals surface area contributed by atoms with Gasteiger partial charge < -0.3 is 0 Å². The summed E-state index contributed by atoms with van der Waals surface area (Å²) >= 11 is 11.0. The average Bonchev–Trinajstić information content (AvgIpc) is 3.40. The second-order valence-corrected chi connectivity index (χ2v) is 12.1. The monoisotopic (exact) mass is 632 g/mol. The van der Waals surface area contributed by atoms with Crippen molar-refractivity contribution in [3.8, 4) is 0 Å². The van der Waals surface area contributed by atoms with E-state index in [1.807, 2.05) is 0 Å². The fraction of sp³-hybridized carbons (Fsp3) is 0. The molecule has 0 aromatic heterocycles. The van der Waals surface area contributed by atoms with Crippen LogP contribution in [0.4, 0.5) is 11.4 Å². The molecule has 0 radical (unpaired) electrons. The number of halogens is 2. The van der Waals surface area contributed by atoms with Crippen LogP contribution in [0, 0.1) is 0 Å². The first-order chi connectivity index (χ1) is 20.4. The molecule has 0 saturated heterocycles. The van der Waals surface area contributed by atoms with Crippen LogP contribution in [0.15, 0.2) is 94.7 Å². The Morgan fingerprint density at radius 1 is 0.488 bits per heavy atom. The number of hydrogen-bond donors (Lipinski definition) is 0. The molecule has 2 heterocycles. The van der Waals surface area contributed by atoms with Crippen molar-refractivity contribution in [1.29, 1.82) is 0 Å². The van der Waals surface area contributed by atoms with E-state index in [4.69, 9.17) is 23.2 Å². The zero-order chi connectivity index (χ0) is 30.8. The number of benzene rings is 4. The van der Waals surface area contributed by atoms with Crippen molar-refractivity contribution in [2.24, 2.45) is 0 Å². The van der Waals surface area contributed by atoms with Crippen molar-refractivity contribution in [2.45, 2.75) is 9.79 Å². The quantitative estimate of drug-likeness (QED) is 0.216. The van der Waals surface area contributed by atoms with Crippen LogP contribution < -0.4 is 9.80 Å². The van der Waals surface area contributed by atoms with Gasteiger partial charge >= 0.3 is 0 Å². The number of nitrogens with zero attached hydrogens (tertiary/aromatic N) is 2. The molecule has 4 amide bonds. The third-order valence-corrected chi connectivity index (χ3v) is 9.26. The topological polar surface area (TPSA) is 143 Å². The predicted molar refractivity (Wildman–Crippen MR) is 154 cm³/mol. The van der Waals surface area contributed by atoms with E-state index < -0.39 is 44.0 Å². The Morgan fingerprint density at radius 3 is 1.14 bits per heavy atom. The predicted octanol–water partition coefficient (Wildman–Crippen LogP) is 4.88. The van der Waals surface area contributed by atoms with Gasteiger partial charge in [0.15, 0.2) is 0 Å². The van der Waals surface area contributed by atoms with E-state index in [-0.39, 0.29) is 54.5 Å². The van der Waals surface area contributed by atoms with Crippen molar-refractivity contribution < 1.29 is 37.2 Å². The van der Waals surface area contributed by atoms with E-state index >= 15 is 0 Å². The SMILES string of the molecule is O=C(Cl)c1ccc2c(c1)C(=O)N(c1ccc(S(=O)(=O)c3ccc(N4C(=O)c5ccc(C(=O)Cl)cc5C4=O)cc3)cc1)C2=O. The summed E-state index contributed by atoms with van der Waals surface area (Å²) in [5.41, 5.74) is 0.488. The third-order valence-electron chi connectivity index (χ3n) is 7.04. The van der Waals surface area contributed by atoms with Crippen LogP contribution in [0.1, 0.15) is 62.1 Å². The zero-order valence-corrected chi connectivity index (χ0v) is 23.7. The van der Waals surface area contributed by atoms with Crippen LogP contribution in [0.3, 0.4) is 0 Å². The summed E-state index contributed by atoms with van der Waals surface area (Å²) in [6.45, 7) is 0. The lowest BCUT2D eigenvalue weighted by Crippen LogP contribution is -2.29. The summed E-state index contributed by atoms with van der Waals surface area (Å²) in [6.07, 6.45) is 0. The molecule has 0 aliphatic carbocycles. The fourth-order valence-corrected chi connectivity index (χ4v) is 6.38. The first-order valence-corrected chi connectivity index (χ1v) is 14.5. The van der Waals surface area contributed by atoms with Gasteiger partial charge in [-0.25, -0.2) is 18.2 Å². The van der Waals surface area contributed by atoms with Crippen LogP contribution in [0.5, 0.6) is 0 Å². The van der Waals surface area contributed by atoms with E-state index in [0.717, 1.165) is 9.80 Å². The van der Waals surface area contributed by atoms with Crippen molar-refractivity contribution >= 4 is 78.5 Å². The van der Waals surface area contributed by atoms with E-state index in [9.17, 15) is 37.2 Å². The molecule has 2 aliphatic rings. The molecule has 212 valence electrons. The lowest BCUT2D eigenvalue weighted by Gasteiger charge is -2.15. The Balaban J connectivity index is 1.24. The summed E-state index contributed by atoms with van der Waals surface area (Å²) in [7, 11) is -4.09. The molecule has 2 aliphatic heterocycles. The summed E-state index contributed by atoms with van der Waals surface area (Å²) in [5.74, 6) is -2.66. The van der Waals surface area contributed by atoms with Gasteiger partial charge in [0.25, 0.3) is 34.1 Å². The molecule has 0 unspecified atom stereocenters. The second-order valence-electron chi connectivity index (χ2n) is 9.45. The molecule has 43 heavy (non-hydrogen) atoms. The van der Waals surface area contributed by atoms with Gasteiger partial charge in [0.2, 0.25) is 9.84 Å². The number of carbonyl (C=O) groups is 6. The summed E-state index contributed by atoms with van der Waals surface area (Å²) in [5, 5.41) is -1.57.